The van der Waals surface area contributed by atoms with Gasteiger partial charge in [0.15, 0.2) is 6.61 Å². The Morgan fingerprint density at radius 1 is 1.33 bits per heavy atom. The zero-order valence-corrected chi connectivity index (χ0v) is 7.77. The number of ether oxygens (including phenoxy) is 1. The van der Waals surface area contributed by atoms with Crippen LogP contribution in [0.4, 0.5) is 4.79 Å². The Bertz CT molecular complexity index is 361. The van der Waals surface area contributed by atoms with Gasteiger partial charge in [-0.05, 0) is 24.3 Å². The fourth-order valence-corrected chi connectivity index (χ4v) is 0.865. The molecular formula is C9H10N2O4. The lowest BCUT2D eigenvalue weighted by Gasteiger charge is -2.04. The minimum absolute atomic E-state index is 0.101. The second-order valence-electron chi connectivity index (χ2n) is 2.70. The molecule has 15 heavy (non-hydrogen) atoms. The van der Waals surface area contributed by atoms with Crippen molar-refractivity contribution in [3.05, 3.63) is 24.3 Å². The minimum atomic E-state index is -0.922. The lowest BCUT2D eigenvalue weighted by molar-refractivity contribution is -0.121. The number of carbonyl (C=O) groups is 2. The van der Waals surface area contributed by atoms with E-state index in [1.165, 1.54) is 24.3 Å². The summed E-state index contributed by atoms with van der Waals surface area (Å²) in [5.74, 6) is -0.119. The van der Waals surface area contributed by atoms with Crippen LogP contribution in [0.1, 0.15) is 0 Å². The quantitative estimate of drug-likeness (QED) is 0.651. The van der Waals surface area contributed by atoms with Crippen LogP contribution >= 0.6 is 0 Å². The molecule has 0 heterocycles. The number of nitrogens with one attached hydrogen (secondary N) is 1. The number of imide groups is 1. The van der Waals surface area contributed by atoms with Crippen molar-refractivity contribution in [2.45, 2.75) is 0 Å². The molecule has 0 aliphatic heterocycles. The van der Waals surface area contributed by atoms with Crippen LogP contribution in [0.5, 0.6) is 11.5 Å². The van der Waals surface area contributed by atoms with E-state index >= 15 is 0 Å². The van der Waals surface area contributed by atoms with Crippen LogP contribution in [-0.2, 0) is 4.79 Å². The minimum Gasteiger partial charge on any atom is -0.508 e. The van der Waals surface area contributed by atoms with Crippen LogP contribution in [-0.4, -0.2) is 23.7 Å². The summed E-state index contributed by atoms with van der Waals surface area (Å²) >= 11 is 0. The Morgan fingerprint density at radius 3 is 2.47 bits per heavy atom. The first-order valence-corrected chi connectivity index (χ1v) is 4.09. The number of rotatable bonds is 3. The number of primary amides is 1. The van der Waals surface area contributed by atoms with E-state index in [1.54, 1.807) is 0 Å². The van der Waals surface area contributed by atoms with Gasteiger partial charge in [-0.1, -0.05) is 0 Å². The molecule has 1 rings (SSSR count). The first-order chi connectivity index (χ1) is 7.08. The summed E-state index contributed by atoms with van der Waals surface area (Å²) in [6, 6.07) is 4.90. The van der Waals surface area contributed by atoms with Crippen molar-refractivity contribution < 1.29 is 19.4 Å². The molecule has 1 aromatic carbocycles. The van der Waals surface area contributed by atoms with Crippen molar-refractivity contribution in [1.82, 2.24) is 5.32 Å². The zero-order valence-electron chi connectivity index (χ0n) is 7.77. The summed E-state index contributed by atoms with van der Waals surface area (Å²) in [4.78, 5) is 21.2. The molecule has 1 aromatic rings. The molecule has 0 fully saturated rings. The van der Waals surface area contributed by atoms with Crippen LogP contribution in [0.15, 0.2) is 24.3 Å². The van der Waals surface area contributed by atoms with Gasteiger partial charge in [-0.25, -0.2) is 4.79 Å². The van der Waals surface area contributed by atoms with E-state index in [-0.39, 0.29) is 12.4 Å². The highest BCUT2D eigenvalue weighted by Gasteiger charge is 2.04. The fourth-order valence-electron chi connectivity index (χ4n) is 0.865. The van der Waals surface area contributed by atoms with Gasteiger partial charge >= 0.3 is 6.03 Å². The van der Waals surface area contributed by atoms with E-state index in [9.17, 15) is 9.59 Å². The van der Waals surface area contributed by atoms with Gasteiger partial charge in [0.05, 0.1) is 0 Å². The Balaban J connectivity index is 2.40. The van der Waals surface area contributed by atoms with Crippen molar-refractivity contribution in [2.24, 2.45) is 5.73 Å². The van der Waals surface area contributed by atoms with E-state index in [0.29, 0.717) is 5.75 Å². The smallest absolute Gasteiger partial charge is 0.318 e. The monoisotopic (exact) mass is 210 g/mol. The molecule has 0 atom stereocenters. The second-order valence-corrected chi connectivity index (χ2v) is 2.70. The maximum absolute atomic E-state index is 10.9. The van der Waals surface area contributed by atoms with E-state index in [1.807, 2.05) is 5.32 Å². The molecule has 0 spiro atoms. The van der Waals surface area contributed by atoms with Gasteiger partial charge in [-0.3, -0.25) is 10.1 Å². The number of phenolic OH excluding ortho intramolecular Hbond substituents is 1. The first kappa shape index (κ1) is 10.8. The normalized spacial score (nSPS) is 9.33. The van der Waals surface area contributed by atoms with Crippen molar-refractivity contribution in [1.29, 1.82) is 0 Å². The lowest BCUT2D eigenvalue weighted by Crippen LogP contribution is -2.38. The third-order valence-corrected chi connectivity index (χ3v) is 1.47. The topological polar surface area (TPSA) is 102 Å². The Labute approximate surface area is 85.6 Å². The molecule has 80 valence electrons. The molecule has 0 aliphatic rings. The molecule has 6 nitrogen and oxygen atoms in total. The Hall–Kier alpha value is -2.24. The highest BCUT2D eigenvalue weighted by molar-refractivity contribution is 5.94. The first-order valence-electron chi connectivity index (χ1n) is 4.09. The van der Waals surface area contributed by atoms with E-state index in [4.69, 9.17) is 15.6 Å². The third kappa shape index (κ3) is 3.99. The highest BCUT2D eigenvalue weighted by atomic mass is 16.5. The number of benzene rings is 1. The molecule has 0 saturated heterocycles. The van der Waals surface area contributed by atoms with Gasteiger partial charge < -0.3 is 15.6 Å². The molecular weight excluding hydrogens is 200 g/mol. The van der Waals surface area contributed by atoms with Gasteiger partial charge in [0.1, 0.15) is 11.5 Å². The van der Waals surface area contributed by atoms with Crippen LogP contribution in [0.25, 0.3) is 0 Å². The molecule has 0 unspecified atom stereocenters. The molecule has 0 aliphatic carbocycles. The maximum Gasteiger partial charge on any atom is 0.318 e. The van der Waals surface area contributed by atoms with Crippen LogP contribution in [0.3, 0.4) is 0 Å². The maximum atomic E-state index is 10.9. The Morgan fingerprint density at radius 2 is 1.93 bits per heavy atom. The predicted molar refractivity (Wildman–Crippen MR) is 51.3 cm³/mol. The average Bonchev–Trinajstić information content (AvgIpc) is 2.16. The van der Waals surface area contributed by atoms with Crippen molar-refractivity contribution >= 4 is 11.9 Å². The number of carbonyl (C=O) groups excluding carboxylic acids is 2. The number of aromatic hydroxyl groups is 1. The van der Waals surface area contributed by atoms with Gasteiger partial charge in [0.25, 0.3) is 5.91 Å². The molecule has 3 amide bonds. The molecule has 0 bridgehead atoms. The summed E-state index contributed by atoms with van der Waals surface area (Å²) in [6.45, 7) is -0.312. The van der Waals surface area contributed by atoms with Gasteiger partial charge in [-0.15, -0.1) is 0 Å². The standard InChI is InChI=1S/C9H10N2O4/c10-9(14)11-8(13)5-15-7-3-1-6(12)2-4-7/h1-4,12H,5H2,(H3,10,11,13,14). The average molecular weight is 210 g/mol. The Kier molecular flexibility index (Phi) is 3.50. The van der Waals surface area contributed by atoms with E-state index in [0.717, 1.165) is 0 Å². The summed E-state index contributed by atoms with van der Waals surface area (Å²) in [5, 5.41) is 10.8. The van der Waals surface area contributed by atoms with Crippen LogP contribution < -0.4 is 15.8 Å². The number of amides is 3. The lowest BCUT2D eigenvalue weighted by atomic mass is 10.3. The third-order valence-electron chi connectivity index (χ3n) is 1.47. The largest absolute Gasteiger partial charge is 0.508 e. The predicted octanol–water partition coefficient (Wildman–Crippen LogP) is -0.0341. The number of urea groups is 1. The van der Waals surface area contributed by atoms with Crippen molar-refractivity contribution in [3.8, 4) is 11.5 Å². The summed E-state index contributed by atoms with van der Waals surface area (Å²) < 4.78 is 4.99. The van der Waals surface area contributed by atoms with Gasteiger partial charge in [-0.2, -0.15) is 0 Å². The van der Waals surface area contributed by atoms with E-state index < -0.39 is 11.9 Å². The summed E-state index contributed by atoms with van der Waals surface area (Å²) in [5.41, 5.74) is 4.72. The van der Waals surface area contributed by atoms with Crippen molar-refractivity contribution in [2.75, 3.05) is 6.61 Å². The number of hydrogen-bond donors (Lipinski definition) is 3. The molecule has 4 N–H and O–H groups in total. The van der Waals surface area contributed by atoms with Gasteiger partial charge in [0, 0.05) is 0 Å². The molecule has 6 heteroatoms. The summed E-state index contributed by atoms with van der Waals surface area (Å²) in [6.07, 6.45) is 0. The molecule has 0 aromatic heterocycles. The SMILES string of the molecule is NC(=O)NC(=O)COc1ccc(O)cc1. The number of nitrogens with two attached hydrogens (primary N) is 1. The summed E-state index contributed by atoms with van der Waals surface area (Å²) in [7, 11) is 0. The van der Waals surface area contributed by atoms with Gasteiger partial charge in [0.2, 0.25) is 0 Å². The second kappa shape index (κ2) is 4.85. The highest BCUT2D eigenvalue weighted by Crippen LogP contribution is 2.15. The van der Waals surface area contributed by atoms with Crippen LogP contribution in [0, 0.1) is 0 Å². The van der Waals surface area contributed by atoms with E-state index in [2.05, 4.69) is 0 Å². The molecule has 0 saturated carbocycles. The van der Waals surface area contributed by atoms with Crippen molar-refractivity contribution in [3.63, 3.8) is 0 Å². The zero-order chi connectivity index (χ0) is 11.3. The fraction of sp³-hybridized carbons (Fsp3) is 0.111. The van der Waals surface area contributed by atoms with Crippen LogP contribution in [0.2, 0.25) is 0 Å². The molecule has 0 radical (unpaired) electrons. The number of hydrogen-bond acceptors (Lipinski definition) is 4. The number of phenols is 1.